The number of aryl methyl sites for hydroxylation is 1. The first-order valence-corrected chi connectivity index (χ1v) is 6.94. The van der Waals surface area contributed by atoms with Crippen LogP contribution in [-0.4, -0.2) is 22.8 Å². The largest absolute Gasteiger partial charge is 0.339 e. The van der Waals surface area contributed by atoms with E-state index < -0.39 is 5.41 Å². The molecule has 0 saturated carbocycles. The average molecular weight is 265 g/mol. The summed E-state index contributed by atoms with van der Waals surface area (Å²) < 4.78 is 0. The predicted molar refractivity (Wildman–Crippen MR) is 72.0 cm³/mol. The molecule has 98 valence electrons. The number of carbonyl (C=O) groups excluding carboxylic acids is 1. The summed E-state index contributed by atoms with van der Waals surface area (Å²) >= 11 is 1.54. The lowest BCUT2D eigenvalue weighted by atomic mass is 9.82. The maximum absolute atomic E-state index is 12.4. The van der Waals surface area contributed by atoms with Crippen molar-refractivity contribution in [3.63, 3.8) is 0 Å². The normalized spacial score (nSPS) is 11.1. The van der Waals surface area contributed by atoms with Gasteiger partial charge in [0.1, 0.15) is 5.41 Å². The zero-order valence-electron chi connectivity index (χ0n) is 11.4. The zero-order valence-corrected chi connectivity index (χ0v) is 12.2. The Morgan fingerprint density at radius 2 is 2.17 bits per heavy atom. The van der Waals surface area contributed by atoms with Gasteiger partial charge in [0.05, 0.1) is 23.8 Å². The Morgan fingerprint density at radius 1 is 1.56 bits per heavy atom. The smallest absolute Gasteiger partial charge is 0.243 e. The number of hydrogen-bond donors (Lipinski definition) is 0. The summed E-state index contributed by atoms with van der Waals surface area (Å²) in [5, 5.41) is 9.27. The lowest BCUT2D eigenvalue weighted by Crippen LogP contribution is -2.40. The van der Waals surface area contributed by atoms with E-state index in [0.29, 0.717) is 19.4 Å². The molecule has 0 spiro atoms. The fourth-order valence-electron chi connectivity index (χ4n) is 1.89. The predicted octanol–water partition coefficient (Wildman–Crippen LogP) is 2.74. The van der Waals surface area contributed by atoms with Gasteiger partial charge in [0, 0.05) is 11.9 Å². The van der Waals surface area contributed by atoms with Gasteiger partial charge in [0.15, 0.2) is 0 Å². The Labute approximate surface area is 112 Å². The van der Waals surface area contributed by atoms with Crippen molar-refractivity contribution >= 4 is 17.2 Å². The third kappa shape index (κ3) is 2.70. The van der Waals surface area contributed by atoms with E-state index in [1.165, 1.54) is 0 Å². The topological polar surface area (TPSA) is 57.0 Å². The van der Waals surface area contributed by atoms with E-state index in [9.17, 15) is 10.1 Å². The van der Waals surface area contributed by atoms with Crippen LogP contribution in [0.4, 0.5) is 0 Å². The van der Waals surface area contributed by atoms with Gasteiger partial charge in [0.2, 0.25) is 5.91 Å². The number of rotatable bonds is 5. The van der Waals surface area contributed by atoms with Crippen molar-refractivity contribution in [2.24, 2.45) is 5.41 Å². The Bertz CT molecular complexity index is 457. The third-order valence-electron chi connectivity index (χ3n) is 3.40. The van der Waals surface area contributed by atoms with E-state index in [1.54, 1.807) is 28.8 Å². The van der Waals surface area contributed by atoms with E-state index in [-0.39, 0.29) is 5.91 Å². The van der Waals surface area contributed by atoms with Crippen LogP contribution in [0.2, 0.25) is 0 Å². The maximum atomic E-state index is 12.4. The van der Waals surface area contributed by atoms with Crippen molar-refractivity contribution in [1.29, 1.82) is 5.26 Å². The van der Waals surface area contributed by atoms with Crippen LogP contribution in [-0.2, 0) is 11.3 Å². The van der Waals surface area contributed by atoms with Gasteiger partial charge in [0.25, 0.3) is 0 Å². The molecule has 0 aromatic carbocycles. The van der Waals surface area contributed by atoms with Crippen LogP contribution in [0.3, 0.4) is 0 Å². The molecule has 1 aromatic rings. The Morgan fingerprint density at radius 3 is 2.56 bits per heavy atom. The standard InChI is InChI=1S/C13H19N3OS/c1-5-13(6-2,8-14)12(17)16(4)7-11-10(3)15-9-18-11/h9H,5-7H2,1-4H3. The molecule has 0 N–H and O–H groups in total. The molecule has 1 rings (SSSR count). The first-order valence-electron chi connectivity index (χ1n) is 6.06. The molecular weight excluding hydrogens is 246 g/mol. The molecule has 1 heterocycles. The molecule has 0 bridgehead atoms. The van der Waals surface area contributed by atoms with Gasteiger partial charge in [-0.3, -0.25) is 4.79 Å². The lowest BCUT2D eigenvalue weighted by molar-refractivity contribution is -0.138. The highest BCUT2D eigenvalue weighted by Crippen LogP contribution is 2.28. The molecule has 0 radical (unpaired) electrons. The summed E-state index contributed by atoms with van der Waals surface area (Å²) in [4.78, 5) is 19.3. The van der Waals surface area contributed by atoms with Crippen LogP contribution in [0.25, 0.3) is 0 Å². The van der Waals surface area contributed by atoms with E-state index >= 15 is 0 Å². The quantitative estimate of drug-likeness (QED) is 0.822. The van der Waals surface area contributed by atoms with Gasteiger partial charge < -0.3 is 4.90 Å². The number of carbonyl (C=O) groups is 1. The first kappa shape index (κ1) is 14.7. The minimum atomic E-state index is -0.882. The molecule has 0 aliphatic heterocycles. The number of nitriles is 1. The maximum Gasteiger partial charge on any atom is 0.243 e. The molecule has 18 heavy (non-hydrogen) atoms. The molecule has 0 aliphatic carbocycles. The van der Waals surface area contributed by atoms with Crippen LogP contribution >= 0.6 is 11.3 Å². The summed E-state index contributed by atoms with van der Waals surface area (Å²) in [7, 11) is 1.75. The molecule has 0 atom stereocenters. The monoisotopic (exact) mass is 265 g/mol. The molecular formula is C13H19N3OS. The fourth-order valence-corrected chi connectivity index (χ4v) is 2.72. The summed E-state index contributed by atoms with van der Waals surface area (Å²) in [6, 6.07) is 2.19. The molecule has 0 saturated heterocycles. The van der Waals surface area contributed by atoms with Crippen molar-refractivity contribution in [2.45, 2.75) is 40.2 Å². The van der Waals surface area contributed by atoms with Gasteiger partial charge in [-0.05, 0) is 19.8 Å². The van der Waals surface area contributed by atoms with Crippen molar-refractivity contribution in [1.82, 2.24) is 9.88 Å². The van der Waals surface area contributed by atoms with Crippen molar-refractivity contribution in [3.05, 3.63) is 16.1 Å². The molecule has 0 unspecified atom stereocenters. The van der Waals surface area contributed by atoms with E-state index in [0.717, 1.165) is 10.6 Å². The van der Waals surface area contributed by atoms with Gasteiger partial charge in [-0.2, -0.15) is 5.26 Å². The summed E-state index contributed by atoms with van der Waals surface area (Å²) in [5.41, 5.74) is 1.85. The second kappa shape index (κ2) is 5.96. The summed E-state index contributed by atoms with van der Waals surface area (Å²) in [5.74, 6) is -0.0946. The van der Waals surface area contributed by atoms with Crippen LogP contribution in [0.5, 0.6) is 0 Å². The minimum absolute atomic E-state index is 0.0946. The minimum Gasteiger partial charge on any atom is -0.339 e. The highest BCUT2D eigenvalue weighted by Gasteiger charge is 2.37. The molecule has 4 nitrogen and oxygen atoms in total. The second-order valence-electron chi connectivity index (χ2n) is 4.42. The van der Waals surface area contributed by atoms with E-state index in [4.69, 9.17) is 0 Å². The van der Waals surface area contributed by atoms with Crippen molar-refractivity contribution < 1.29 is 4.79 Å². The second-order valence-corrected chi connectivity index (χ2v) is 5.36. The highest BCUT2D eigenvalue weighted by molar-refractivity contribution is 7.09. The number of aromatic nitrogens is 1. The Balaban J connectivity index is 2.85. The lowest BCUT2D eigenvalue weighted by Gasteiger charge is -2.28. The Kier molecular flexibility index (Phi) is 4.85. The number of thiazole rings is 1. The van der Waals surface area contributed by atoms with Crippen LogP contribution in [0.15, 0.2) is 5.51 Å². The van der Waals surface area contributed by atoms with Crippen LogP contribution in [0.1, 0.15) is 37.3 Å². The van der Waals surface area contributed by atoms with Crippen LogP contribution < -0.4 is 0 Å². The van der Waals surface area contributed by atoms with Crippen molar-refractivity contribution in [3.8, 4) is 6.07 Å². The molecule has 1 aromatic heterocycles. The third-order valence-corrected chi connectivity index (χ3v) is 4.32. The molecule has 5 heteroatoms. The molecule has 0 fully saturated rings. The number of nitrogens with zero attached hydrogens (tertiary/aromatic N) is 3. The van der Waals surface area contributed by atoms with Gasteiger partial charge in [-0.15, -0.1) is 11.3 Å². The van der Waals surface area contributed by atoms with E-state index in [2.05, 4.69) is 11.1 Å². The molecule has 1 amide bonds. The molecule has 0 aliphatic rings. The fraction of sp³-hybridized carbons (Fsp3) is 0.615. The SMILES string of the molecule is CCC(C#N)(CC)C(=O)N(C)Cc1scnc1C. The van der Waals surface area contributed by atoms with Crippen LogP contribution in [0, 0.1) is 23.7 Å². The van der Waals surface area contributed by atoms with E-state index in [1.807, 2.05) is 20.8 Å². The van der Waals surface area contributed by atoms with Gasteiger partial charge in [-0.25, -0.2) is 4.98 Å². The first-order chi connectivity index (χ1) is 8.50. The highest BCUT2D eigenvalue weighted by atomic mass is 32.1. The average Bonchev–Trinajstić information content (AvgIpc) is 2.77. The number of hydrogen-bond acceptors (Lipinski definition) is 4. The van der Waals surface area contributed by atoms with Gasteiger partial charge in [-0.1, -0.05) is 13.8 Å². The van der Waals surface area contributed by atoms with Gasteiger partial charge >= 0.3 is 0 Å². The zero-order chi connectivity index (χ0) is 13.8. The Hall–Kier alpha value is -1.41. The number of amides is 1. The van der Waals surface area contributed by atoms with Crippen molar-refractivity contribution in [2.75, 3.05) is 7.05 Å². The summed E-state index contributed by atoms with van der Waals surface area (Å²) in [6.45, 7) is 6.23. The summed E-state index contributed by atoms with van der Waals surface area (Å²) in [6.07, 6.45) is 1.09.